The van der Waals surface area contributed by atoms with Gasteiger partial charge in [0.25, 0.3) is 0 Å². The van der Waals surface area contributed by atoms with Crippen LogP contribution >= 0.6 is 16.5 Å². The molecule has 1 fully saturated rings. The summed E-state index contributed by atoms with van der Waals surface area (Å²) in [5.41, 5.74) is 0.328. The van der Waals surface area contributed by atoms with Crippen molar-refractivity contribution < 1.29 is 43.0 Å². The molecule has 6 unspecified atom stereocenters. The molecule has 6 atom stereocenters. The first kappa shape index (κ1) is 20.0. The highest BCUT2D eigenvalue weighted by atomic mass is 31.1. The zero-order valence-electron chi connectivity index (χ0n) is 13.6. The third-order valence-corrected chi connectivity index (χ3v) is 4.77. The summed E-state index contributed by atoms with van der Waals surface area (Å²) in [6, 6.07) is 0. The fourth-order valence-electron chi connectivity index (χ4n) is 2.88. The molecule has 146 valence electrons. The number of anilines is 1. The number of nitrogens with one attached hydrogen (secondary N) is 1. The Morgan fingerprint density at radius 1 is 1.33 bits per heavy atom. The summed E-state index contributed by atoms with van der Waals surface area (Å²) in [6.45, 7) is 0.801. The third-order valence-electron chi connectivity index (χ3n) is 3.99. The van der Waals surface area contributed by atoms with Crippen molar-refractivity contribution in [2.24, 2.45) is 0 Å². The third kappa shape index (κ3) is 3.80. The van der Waals surface area contributed by atoms with Crippen LogP contribution in [-0.4, -0.2) is 64.0 Å². The highest BCUT2D eigenvalue weighted by Crippen LogP contribution is 2.44. The molecule has 3 heterocycles. The van der Waals surface area contributed by atoms with Crippen LogP contribution in [0.25, 0.3) is 11.2 Å². The number of hydrogen-bond donors (Lipinski definition) is 5. The van der Waals surface area contributed by atoms with Gasteiger partial charge in [-0.3, -0.25) is 15.3 Å². The van der Waals surface area contributed by atoms with Crippen molar-refractivity contribution in [2.75, 3.05) is 12.1 Å². The molecule has 0 saturated carbocycles. The normalized spacial score (nSPS) is 29.1. The lowest BCUT2D eigenvalue weighted by Crippen LogP contribution is -2.45. The van der Waals surface area contributed by atoms with Gasteiger partial charge in [0.1, 0.15) is 24.6 Å². The van der Waals surface area contributed by atoms with E-state index < -0.39 is 47.2 Å². The molecule has 1 aliphatic heterocycles. The van der Waals surface area contributed by atoms with Crippen molar-refractivity contribution in [1.82, 2.24) is 19.5 Å². The van der Waals surface area contributed by atoms with Gasteiger partial charge in [-0.1, -0.05) is 0 Å². The van der Waals surface area contributed by atoms with Crippen LogP contribution in [0.1, 0.15) is 13.2 Å². The minimum Gasteiger partial charge on any atom is -0.382 e. The second kappa shape index (κ2) is 7.72. The first-order chi connectivity index (χ1) is 12.8. The summed E-state index contributed by atoms with van der Waals surface area (Å²) in [6.07, 6.45) is -1.35. The van der Waals surface area contributed by atoms with Gasteiger partial charge in [0.05, 0.1) is 6.33 Å². The van der Waals surface area contributed by atoms with E-state index in [-0.39, 0.29) is 17.0 Å². The van der Waals surface area contributed by atoms with Gasteiger partial charge >= 0.3 is 16.5 Å². The highest BCUT2D eigenvalue weighted by Gasteiger charge is 2.59. The fourth-order valence-corrected chi connectivity index (χ4v) is 3.70. The van der Waals surface area contributed by atoms with Crippen LogP contribution in [-0.2, 0) is 22.9 Å². The topological polar surface area (TPSA) is 198 Å². The zero-order valence-corrected chi connectivity index (χ0v) is 15.4. The van der Waals surface area contributed by atoms with Crippen LogP contribution in [0.5, 0.6) is 0 Å². The molecule has 0 amide bonds. The van der Waals surface area contributed by atoms with E-state index in [1.807, 2.05) is 5.48 Å². The maximum absolute atomic E-state index is 11.2. The molecular weight excluding hydrogens is 408 g/mol. The summed E-state index contributed by atoms with van der Waals surface area (Å²) in [4.78, 5) is 29.8. The SMILES string of the molecule is CC1(O)C(O[P+](=O)O)C(CO[P+](=O)O)OC1n1cnc2c(NO)ncnc21. The Hall–Kier alpha value is -1.73. The lowest BCUT2D eigenvalue weighted by Gasteiger charge is -2.26. The van der Waals surface area contributed by atoms with E-state index >= 15 is 0 Å². The van der Waals surface area contributed by atoms with Gasteiger partial charge < -0.3 is 9.84 Å². The number of hydrogen-bond acceptors (Lipinski definition) is 11. The second-order valence-corrected chi connectivity index (χ2v) is 7.13. The summed E-state index contributed by atoms with van der Waals surface area (Å²) in [7, 11) is -6.08. The van der Waals surface area contributed by atoms with Gasteiger partial charge in [0.15, 0.2) is 29.3 Å². The predicted octanol–water partition coefficient (Wildman–Crippen LogP) is -0.0230. The molecule has 0 bridgehead atoms. The molecule has 1 saturated heterocycles. The second-order valence-electron chi connectivity index (χ2n) is 5.71. The van der Waals surface area contributed by atoms with Crippen LogP contribution in [0.3, 0.4) is 0 Å². The first-order valence-corrected chi connectivity index (χ1v) is 9.59. The molecule has 2 aromatic rings. The van der Waals surface area contributed by atoms with Crippen LogP contribution in [0, 0.1) is 0 Å². The van der Waals surface area contributed by atoms with Crippen molar-refractivity contribution in [3.63, 3.8) is 0 Å². The molecule has 16 heteroatoms. The largest absolute Gasteiger partial charge is 0.695 e. The first-order valence-electron chi connectivity index (χ1n) is 7.33. The van der Waals surface area contributed by atoms with E-state index in [0.717, 1.165) is 6.33 Å². The summed E-state index contributed by atoms with van der Waals surface area (Å²) < 4.78 is 38.4. The van der Waals surface area contributed by atoms with Crippen molar-refractivity contribution in [3.05, 3.63) is 12.7 Å². The van der Waals surface area contributed by atoms with Crippen LogP contribution in [0.2, 0.25) is 0 Å². The average Bonchev–Trinajstić information content (AvgIpc) is 3.12. The smallest absolute Gasteiger partial charge is 0.382 e. The van der Waals surface area contributed by atoms with Gasteiger partial charge in [-0.2, -0.15) is 0 Å². The maximum atomic E-state index is 11.2. The fraction of sp³-hybridized carbons (Fsp3) is 0.545. The van der Waals surface area contributed by atoms with Gasteiger partial charge in [0, 0.05) is 9.13 Å². The number of aliphatic hydroxyl groups is 1. The number of imidazole rings is 1. The monoisotopic (exact) mass is 423 g/mol. The summed E-state index contributed by atoms with van der Waals surface area (Å²) >= 11 is 0. The minimum atomic E-state index is -3.12. The van der Waals surface area contributed by atoms with E-state index in [2.05, 4.69) is 19.5 Å². The van der Waals surface area contributed by atoms with E-state index in [1.54, 1.807) is 0 Å². The molecular formula is C11H15N5O9P2+2. The molecule has 14 nitrogen and oxygen atoms in total. The molecule has 3 rings (SSSR count). The lowest BCUT2D eigenvalue weighted by atomic mass is 9.96. The number of ether oxygens (including phenoxy) is 1. The molecule has 27 heavy (non-hydrogen) atoms. The van der Waals surface area contributed by atoms with Crippen molar-refractivity contribution in [2.45, 2.75) is 31.0 Å². The Bertz CT molecular complexity index is 877. The quantitative estimate of drug-likeness (QED) is 0.294. The highest BCUT2D eigenvalue weighted by molar-refractivity contribution is 7.32. The lowest BCUT2D eigenvalue weighted by molar-refractivity contribution is -0.0920. The van der Waals surface area contributed by atoms with Crippen molar-refractivity contribution >= 4 is 33.5 Å². The summed E-state index contributed by atoms with van der Waals surface area (Å²) in [5.74, 6) is 0.0137. The zero-order chi connectivity index (χ0) is 19.8. The summed E-state index contributed by atoms with van der Waals surface area (Å²) in [5, 5.41) is 20.0. The number of rotatable bonds is 7. The van der Waals surface area contributed by atoms with Crippen molar-refractivity contribution in [1.29, 1.82) is 0 Å². The average molecular weight is 423 g/mol. The Morgan fingerprint density at radius 3 is 2.70 bits per heavy atom. The number of aromatic nitrogens is 4. The number of nitrogens with zero attached hydrogens (tertiary/aromatic N) is 4. The van der Waals surface area contributed by atoms with Gasteiger partial charge in [-0.05, 0) is 6.92 Å². The van der Waals surface area contributed by atoms with Crippen LogP contribution < -0.4 is 5.48 Å². The minimum absolute atomic E-state index is 0.0137. The molecule has 0 radical (unpaired) electrons. The number of fused-ring (bicyclic) bond motifs is 1. The van der Waals surface area contributed by atoms with Gasteiger partial charge in [0.2, 0.25) is 0 Å². The van der Waals surface area contributed by atoms with Gasteiger partial charge in [-0.25, -0.2) is 15.0 Å². The molecule has 0 aliphatic carbocycles. The predicted molar refractivity (Wildman–Crippen MR) is 85.7 cm³/mol. The van der Waals surface area contributed by atoms with E-state index in [9.17, 15) is 14.2 Å². The van der Waals surface area contributed by atoms with Crippen molar-refractivity contribution in [3.8, 4) is 0 Å². The van der Waals surface area contributed by atoms with E-state index in [4.69, 9.17) is 24.3 Å². The Balaban J connectivity index is 2.00. The van der Waals surface area contributed by atoms with E-state index in [1.165, 1.54) is 17.8 Å². The molecule has 0 aromatic carbocycles. The molecule has 2 aromatic heterocycles. The Labute approximate surface area is 152 Å². The molecule has 5 N–H and O–H groups in total. The molecule has 1 aliphatic rings. The van der Waals surface area contributed by atoms with Crippen LogP contribution in [0.15, 0.2) is 12.7 Å². The maximum Gasteiger partial charge on any atom is 0.695 e. The Morgan fingerprint density at radius 2 is 2.07 bits per heavy atom. The van der Waals surface area contributed by atoms with Crippen LogP contribution in [0.4, 0.5) is 5.82 Å². The van der Waals surface area contributed by atoms with Gasteiger partial charge in [-0.15, -0.1) is 18.8 Å². The molecule has 0 spiro atoms. The Kier molecular flexibility index (Phi) is 5.72. The standard InChI is InChI=1S/C11H13N5O9P2/c1-11(17)7(25-27(21)22)5(2-23-26(19)20)24-10(11)16-4-14-6-8(15-18)12-3-13-9(6)16/h3-5,7,10,17H,2H2,1H3,(H2-2,12,13,15,18,19,20,21,22)/p+2. The van der Waals surface area contributed by atoms with E-state index in [0.29, 0.717) is 0 Å².